The van der Waals surface area contributed by atoms with Gasteiger partial charge in [-0.25, -0.2) is 0 Å². The summed E-state index contributed by atoms with van der Waals surface area (Å²) in [5, 5.41) is 0.918. The molecule has 0 aliphatic carbocycles. The van der Waals surface area contributed by atoms with Crippen molar-refractivity contribution in [1.29, 1.82) is 0 Å². The van der Waals surface area contributed by atoms with Gasteiger partial charge >= 0.3 is 0 Å². The summed E-state index contributed by atoms with van der Waals surface area (Å²) >= 11 is 0. The number of methoxy groups -OCH3 is 2. The highest BCUT2D eigenvalue weighted by molar-refractivity contribution is 5.81. The highest BCUT2D eigenvalue weighted by Crippen LogP contribution is 2.24. The second kappa shape index (κ2) is 5.66. The van der Waals surface area contributed by atoms with Crippen molar-refractivity contribution in [3.05, 3.63) is 40.2 Å². The minimum absolute atomic E-state index is 0.128. The van der Waals surface area contributed by atoms with E-state index in [2.05, 4.69) is 4.98 Å². The van der Waals surface area contributed by atoms with E-state index in [1.807, 2.05) is 12.1 Å². The van der Waals surface area contributed by atoms with Gasteiger partial charge in [-0.1, -0.05) is 0 Å². The van der Waals surface area contributed by atoms with E-state index >= 15 is 0 Å². The molecule has 96 valence electrons. The van der Waals surface area contributed by atoms with Gasteiger partial charge in [0.25, 0.3) is 0 Å². The summed E-state index contributed by atoms with van der Waals surface area (Å²) in [6.45, 7) is 0.580. The molecule has 2 aromatic rings. The molecular weight excluding hydrogens is 234 g/mol. The van der Waals surface area contributed by atoms with E-state index in [1.54, 1.807) is 20.3 Å². The third-order valence-corrected chi connectivity index (χ3v) is 2.58. The summed E-state index contributed by atoms with van der Waals surface area (Å²) in [5.74, 6) is 0.727. The molecule has 2 rings (SSSR count). The van der Waals surface area contributed by atoms with Crippen molar-refractivity contribution in [2.24, 2.45) is 0 Å². The van der Waals surface area contributed by atoms with Crippen molar-refractivity contribution in [2.45, 2.75) is 6.61 Å². The van der Waals surface area contributed by atoms with Gasteiger partial charge in [-0.15, -0.1) is 0 Å². The fraction of sp³-hybridized carbons (Fsp3) is 0.308. The Hall–Kier alpha value is -1.85. The van der Waals surface area contributed by atoms with E-state index < -0.39 is 0 Å². The Labute approximate surface area is 104 Å². The van der Waals surface area contributed by atoms with Gasteiger partial charge in [0.1, 0.15) is 12.5 Å². The lowest BCUT2D eigenvalue weighted by Gasteiger charge is -2.10. The summed E-state index contributed by atoms with van der Waals surface area (Å²) in [7, 11) is 3.17. The van der Waals surface area contributed by atoms with E-state index in [0.717, 1.165) is 22.2 Å². The highest BCUT2D eigenvalue weighted by atomic mass is 16.7. The monoisotopic (exact) mass is 249 g/mol. The van der Waals surface area contributed by atoms with E-state index in [-0.39, 0.29) is 12.4 Å². The van der Waals surface area contributed by atoms with Crippen LogP contribution in [0.15, 0.2) is 29.1 Å². The maximum Gasteiger partial charge on any atom is 0.248 e. The molecule has 0 saturated heterocycles. The molecule has 0 fully saturated rings. The van der Waals surface area contributed by atoms with Crippen LogP contribution in [0.2, 0.25) is 0 Å². The number of hydrogen-bond donors (Lipinski definition) is 1. The van der Waals surface area contributed by atoms with Gasteiger partial charge in [-0.3, -0.25) is 4.79 Å². The molecule has 0 unspecified atom stereocenters. The number of nitrogens with one attached hydrogen (secondary N) is 1. The molecule has 0 radical (unpaired) electrons. The first-order valence-corrected chi connectivity index (χ1v) is 5.51. The van der Waals surface area contributed by atoms with Gasteiger partial charge in [-0.05, 0) is 18.2 Å². The molecule has 5 nitrogen and oxygen atoms in total. The molecule has 18 heavy (non-hydrogen) atoms. The lowest BCUT2D eigenvalue weighted by Crippen LogP contribution is -2.04. The Morgan fingerprint density at radius 3 is 2.78 bits per heavy atom. The molecular formula is C13H15NO4. The number of H-pyrrole nitrogens is 1. The van der Waals surface area contributed by atoms with Crippen molar-refractivity contribution in [1.82, 2.24) is 4.98 Å². The number of pyridine rings is 1. The van der Waals surface area contributed by atoms with Gasteiger partial charge in [0.05, 0.1) is 13.7 Å². The number of hydrogen-bond acceptors (Lipinski definition) is 4. The lowest BCUT2D eigenvalue weighted by molar-refractivity contribution is -0.0394. The number of fused-ring (bicyclic) bond motifs is 1. The zero-order valence-electron chi connectivity index (χ0n) is 10.4. The maximum absolute atomic E-state index is 11.3. The average molecular weight is 249 g/mol. The molecule has 1 N–H and O–H groups in total. The average Bonchev–Trinajstić information content (AvgIpc) is 2.38. The normalized spacial score (nSPS) is 10.8. The van der Waals surface area contributed by atoms with Crippen LogP contribution in [0.3, 0.4) is 0 Å². The summed E-state index contributed by atoms with van der Waals surface area (Å²) in [6, 6.07) is 6.97. The largest absolute Gasteiger partial charge is 0.496 e. The van der Waals surface area contributed by atoms with Crippen LogP contribution in [0.5, 0.6) is 5.75 Å². The smallest absolute Gasteiger partial charge is 0.248 e. The molecule has 0 aliphatic rings. The quantitative estimate of drug-likeness (QED) is 0.646. The lowest BCUT2D eigenvalue weighted by atomic mass is 10.1. The molecule has 0 bridgehead atoms. The first-order valence-electron chi connectivity index (χ1n) is 5.51. The molecule has 1 heterocycles. The molecule has 0 saturated carbocycles. The first-order chi connectivity index (χ1) is 8.74. The maximum atomic E-state index is 11.3. The summed E-state index contributed by atoms with van der Waals surface area (Å²) in [5.41, 5.74) is 1.50. The molecule has 0 spiro atoms. The van der Waals surface area contributed by atoms with Crippen LogP contribution in [0, 0.1) is 0 Å². The van der Waals surface area contributed by atoms with Crippen LogP contribution in [0.25, 0.3) is 10.9 Å². The SMILES string of the molecule is COCOCc1cc2[nH]c(=O)ccc2cc1OC. The van der Waals surface area contributed by atoms with Crippen molar-refractivity contribution in [3.8, 4) is 5.75 Å². The van der Waals surface area contributed by atoms with E-state index in [9.17, 15) is 4.79 Å². The van der Waals surface area contributed by atoms with Crippen LogP contribution in [0.1, 0.15) is 5.56 Å². The van der Waals surface area contributed by atoms with E-state index in [1.165, 1.54) is 6.07 Å². The minimum Gasteiger partial charge on any atom is -0.496 e. The standard InChI is InChI=1S/C13H15NO4/c1-16-8-18-7-10-5-11-9(6-12(10)17-2)3-4-13(15)14-11/h3-6H,7-8H2,1-2H3,(H,14,15). The summed E-state index contributed by atoms with van der Waals surface area (Å²) in [4.78, 5) is 14.0. The van der Waals surface area contributed by atoms with Crippen LogP contribution in [-0.2, 0) is 16.1 Å². The van der Waals surface area contributed by atoms with Crippen molar-refractivity contribution < 1.29 is 14.2 Å². The summed E-state index contributed by atoms with van der Waals surface area (Å²) in [6.07, 6.45) is 0. The second-order valence-corrected chi connectivity index (χ2v) is 3.83. The molecule has 0 aliphatic heterocycles. The molecule has 0 amide bonds. The van der Waals surface area contributed by atoms with Gasteiger partial charge < -0.3 is 19.2 Å². The predicted octanol–water partition coefficient (Wildman–Crippen LogP) is 1.66. The number of aromatic nitrogens is 1. The van der Waals surface area contributed by atoms with Crippen LogP contribution < -0.4 is 10.3 Å². The fourth-order valence-electron chi connectivity index (χ4n) is 1.76. The highest BCUT2D eigenvalue weighted by Gasteiger charge is 2.06. The topological polar surface area (TPSA) is 60.5 Å². The molecule has 1 aromatic heterocycles. The van der Waals surface area contributed by atoms with Crippen LogP contribution in [-0.4, -0.2) is 26.0 Å². The zero-order chi connectivity index (χ0) is 13.0. The Bertz CT molecular complexity index is 591. The third kappa shape index (κ3) is 2.69. The fourth-order valence-corrected chi connectivity index (χ4v) is 1.76. The van der Waals surface area contributed by atoms with Gasteiger partial charge in [0.2, 0.25) is 5.56 Å². The van der Waals surface area contributed by atoms with Crippen LogP contribution >= 0.6 is 0 Å². The summed E-state index contributed by atoms with van der Waals surface area (Å²) < 4.78 is 15.4. The van der Waals surface area contributed by atoms with E-state index in [4.69, 9.17) is 14.2 Å². The number of ether oxygens (including phenoxy) is 3. The van der Waals surface area contributed by atoms with Gasteiger partial charge in [-0.2, -0.15) is 0 Å². The van der Waals surface area contributed by atoms with Crippen LogP contribution in [0.4, 0.5) is 0 Å². The number of benzene rings is 1. The van der Waals surface area contributed by atoms with Crippen molar-refractivity contribution in [3.63, 3.8) is 0 Å². The molecule has 0 atom stereocenters. The van der Waals surface area contributed by atoms with Gasteiger partial charge in [0, 0.05) is 29.6 Å². The Morgan fingerprint density at radius 1 is 1.22 bits per heavy atom. The Morgan fingerprint density at radius 2 is 2.06 bits per heavy atom. The number of rotatable bonds is 5. The first kappa shape index (κ1) is 12.6. The predicted molar refractivity (Wildman–Crippen MR) is 67.8 cm³/mol. The minimum atomic E-state index is -0.128. The van der Waals surface area contributed by atoms with Gasteiger partial charge in [0.15, 0.2) is 0 Å². The van der Waals surface area contributed by atoms with Crippen molar-refractivity contribution >= 4 is 10.9 Å². The Balaban J connectivity index is 2.40. The third-order valence-electron chi connectivity index (χ3n) is 2.58. The Kier molecular flexibility index (Phi) is 3.96. The van der Waals surface area contributed by atoms with E-state index in [0.29, 0.717) is 6.61 Å². The molecule has 1 aromatic carbocycles. The molecule has 5 heteroatoms. The zero-order valence-corrected chi connectivity index (χ0v) is 10.4. The van der Waals surface area contributed by atoms with Crippen molar-refractivity contribution in [2.75, 3.05) is 21.0 Å². The second-order valence-electron chi connectivity index (χ2n) is 3.83. The number of aromatic amines is 1.